The van der Waals surface area contributed by atoms with Crippen molar-refractivity contribution in [3.8, 4) is 11.4 Å². The SMILES string of the molecule is CSc1nccc(Br)c1-c1nc2cc(C(F)(F)F)ncc2n1C. The van der Waals surface area contributed by atoms with Gasteiger partial charge in [0.05, 0.1) is 22.8 Å². The van der Waals surface area contributed by atoms with Crippen molar-refractivity contribution in [2.75, 3.05) is 6.26 Å². The standard InChI is InChI=1S/C14H10BrF3N4S/c1-22-9-6-20-10(14(16,17)18)5-8(9)21-12(22)11-7(15)3-4-19-13(11)23-2/h3-6H,1-2H3. The average molecular weight is 403 g/mol. The zero-order chi connectivity index (χ0) is 16.8. The second-order valence-corrected chi connectivity index (χ2v) is 6.38. The lowest BCUT2D eigenvalue weighted by Gasteiger charge is -2.08. The molecule has 0 atom stereocenters. The first-order chi connectivity index (χ1) is 10.8. The number of thioether (sulfide) groups is 1. The normalized spacial score (nSPS) is 12.1. The summed E-state index contributed by atoms with van der Waals surface area (Å²) in [7, 11) is 1.74. The second kappa shape index (κ2) is 5.79. The number of rotatable bonds is 2. The Hall–Kier alpha value is -1.61. The zero-order valence-electron chi connectivity index (χ0n) is 12.0. The van der Waals surface area contributed by atoms with Crippen LogP contribution in [0.4, 0.5) is 13.2 Å². The minimum atomic E-state index is -4.49. The number of alkyl halides is 3. The van der Waals surface area contributed by atoms with Crippen LogP contribution in [0.15, 0.2) is 34.0 Å². The maximum atomic E-state index is 12.8. The van der Waals surface area contributed by atoms with E-state index in [4.69, 9.17) is 0 Å². The average Bonchev–Trinajstić information content (AvgIpc) is 2.82. The molecule has 0 saturated heterocycles. The first kappa shape index (κ1) is 16.3. The highest BCUT2D eigenvalue weighted by molar-refractivity contribution is 9.10. The van der Waals surface area contributed by atoms with E-state index in [1.54, 1.807) is 23.9 Å². The summed E-state index contributed by atoms with van der Waals surface area (Å²) >= 11 is 4.90. The van der Waals surface area contributed by atoms with Gasteiger partial charge in [0, 0.05) is 17.7 Å². The van der Waals surface area contributed by atoms with Crippen LogP contribution in [0.5, 0.6) is 0 Å². The number of fused-ring (bicyclic) bond motifs is 1. The van der Waals surface area contributed by atoms with Crippen LogP contribution in [0.3, 0.4) is 0 Å². The lowest BCUT2D eigenvalue weighted by molar-refractivity contribution is -0.141. The van der Waals surface area contributed by atoms with Crippen LogP contribution in [-0.4, -0.2) is 25.8 Å². The molecule has 0 aliphatic rings. The van der Waals surface area contributed by atoms with E-state index in [1.165, 1.54) is 18.0 Å². The molecule has 4 nitrogen and oxygen atoms in total. The number of halogens is 4. The molecule has 0 N–H and O–H groups in total. The Morgan fingerprint density at radius 2 is 2.00 bits per heavy atom. The lowest BCUT2D eigenvalue weighted by atomic mass is 10.2. The minimum Gasteiger partial charge on any atom is -0.326 e. The van der Waals surface area contributed by atoms with E-state index < -0.39 is 11.9 Å². The predicted molar refractivity (Wildman–Crippen MR) is 86.2 cm³/mol. The van der Waals surface area contributed by atoms with Gasteiger partial charge < -0.3 is 4.57 Å². The highest BCUT2D eigenvalue weighted by Crippen LogP contribution is 2.36. The zero-order valence-corrected chi connectivity index (χ0v) is 14.4. The van der Waals surface area contributed by atoms with Crippen molar-refractivity contribution >= 4 is 38.7 Å². The van der Waals surface area contributed by atoms with Crippen LogP contribution in [0.25, 0.3) is 22.4 Å². The van der Waals surface area contributed by atoms with E-state index in [0.29, 0.717) is 11.3 Å². The summed E-state index contributed by atoms with van der Waals surface area (Å²) in [5.74, 6) is 0.533. The van der Waals surface area contributed by atoms with Crippen molar-refractivity contribution in [2.45, 2.75) is 11.2 Å². The molecule has 0 amide bonds. The molecular weight excluding hydrogens is 393 g/mol. The van der Waals surface area contributed by atoms with Crippen molar-refractivity contribution in [1.82, 2.24) is 19.5 Å². The topological polar surface area (TPSA) is 43.6 Å². The van der Waals surface area contributed by atoms with Gasteiger partial charge in [-0.3, -0.25) is 0 Å². The number of hydrogen-bond acceptors (Lipinski definition) is 4. The molecule has 3 aromatic heterocycles. The molecule has 0 spiro atoms. The number of aromatic nitrogens is 4. The van der Waals surface area contributed by atoms with Crippen molar-refractivity contribution in [1.29, 1.82) is 0 Å². The van der Waals surface area contributed by atoms with Crippen LogP contribution < -0.4 is 0 Å². The molecule has 0 saturated carbocycles. The molecule has 120 valence electrons. The van der Waals surface area contributed by atoms with Crippen molar-refractivity contribution in [3.05, 3.63) is 34.7 Å². The van der Waals surface area contributed by atoms with Gasteiger partial charge in [-0.15, -0.1) is 11.8 Å². The summed E-state index contributed by atoms with van der Waals surface area (Å²) < 4.78 is 40.9. The molecule has 0 aliphatic heterocycles. The molecule has 0 bridgehead atoms. The fraction of sp³-hybridized carbons (Fsp3) is 0.214. The minimum absolute atomic E-state index is 0.243. The van der Waals surface area contributed by atoms with Gasteiger partial charge in [-0.05, 0) is 34.3 Å². The highest BCUT2D eigenvalue weighted by Gasteiger charge is 2.33. The smallest absolute Gasteiger partial charge is 0.326 e. The fourth-order valence-corrected chi connectivity index (χ4v) is 3.43. The van der Waals surface area contributed by atoms with Gasteiger partial charge in [-0.25, -0.2) is 15.0 Å². The summed E-state index contributed by atoms with van der Waals surface area (Å²) in [6.45, 7) is 0. The summed E-state index contributed by atoms with van der Waals surface area (Å²) in [5, 5.41) is 0.738. The molecule has 3 aromatic rings. The van der Waals surface area contributed by atoms with Gasteiger partial charge in [0.15, 0.2) is 0 Å². The highest BCUT2D eigenvalue weighted by atomic mass is 79.9. The van der Waals surface area contributed by atoms with Gasteiger partial charge in [0.1, 0.15) is 16.5 Å². The van der Waals surface area contributed by atoms with Gasteiger partial charge in [-0.1, -0.05) is 0 Å². The second-order valence-electron chi connectivity index (χ2n) is 4.73. The summed E-state index contributed by atoms with van der Waals surface area (Å²) in [4.78, 5) is 12.1. The third kappa shape index (κ3) is 2.83. The molecule has 0 fully saturated rings. The molecule has 3 rings (SSSR count). The van der Waals surface area contributed by atoms with E-state index in [9.17, 15) is 13.2 Å². The Bertz CT molecular complexity index is 892. The quantitative estimate of drug-likeness (QED) is 0.590. The van der Waals surface area contributed by atoms with E-state index in [0.717, 1.165) is 21.1 Å². The van der Waals surface area contributed by atoms with Crippen LogP contribution in [-0.2, 0) is 13.2 Å². The molecule has 0 unspecified atom stereocenters. The number of nitrogens with zero attached hydrogens (tertiary/aromatic N) is 4. The van der Waals surface area contributed by atoms with Crippen LogP contribution in [0.1, 0.15) is 5.69 Å². The van der Waals surface area contributed by atoms with Gasteiger partial charge in [-0.2, -0.15) is 13.2 Å². The summed E-state index contributed by atoms with van der Waals surface area (Å²) in [5.41, 5.74) is 0.556. The number of hydrogen-bond donors (Lipinski definition) is 0. The number of imidazole rings is 1. The Labute approximate surface area is 142 Å². The maximum Gasteiger partial charge on any atom is 0.433 e. The van der Waals surface area contributed by atoms with Crippen LogP contribution in [0, 0.1) is 0 Å². The molecule has 23 heavy (non-hydrogen) atoms. The summed E-state index contributed by atoms with van der Waals surface area (Å²) in [6, 6.07) is 2.73. The Morgan fingerprint density at radius 1 is 1.26 bits per heavy atom. The molecule has 0 radical (unpaired) electrons. The van der Waals surface area contributed by atoms with Crippen molar-refractivity contribution in [2.24, 2.45) is 7.05 Å². The molecule has 0 aliphatic carbocycles. The van der Waals surface area contributed by atoms with Gasteiger partial charge in [0.25, 0.3) is 0 Å². The number of pyridine rings is 2. The molecule has 9 heteroatoms. The van der Waals surface area contributed by atoms with Gasteiger partial charge in [0.2, 0.25) is 0 Å². The van der Waals surface area contributed by atoms with Crippen molar-refractivity contribution in [3.63, 3.8) is 0 Å². The fourth-order valence-electron chi connectivity index (χ4n) is 2.24. The van der Waals surface area contributed by atoms with E-state index in [-0.39, 0.29) is 5.52 Å². The molecule has 0 aromatic carbocycles. The predicted octanol–water partition coefficient (Wildman–Crippen LogP) is 4.53. The largest absolute Gasteiger partial charge is 0.433 e. The first-order valence-corrected chi connectivity index (χ1v) is 8.43. The van der Waals surface area contributed by atoms with Crippen LogP contribution >= 0.6 is 27.7 Å². The first-order valence-electron chi connectivity index (χ1n) is 6.41. The van der Waals surface area contributed by atoms with Crippen molar-refractivity contribution < 1.29 is 13.2 Å². The molecular formula is C14H10BrF3N4S. The summed E-state index contributed by atoms with van der Waals surface area (Å²) in [6.07, 6.45) is 0.235. The van der Waals surface area contributed by atoms with E-state index in [2.05, 4.69) is 30.9 Å². The Kier molecular flexibility index (Phi) is 4.09. The Morgan fingerprint density at radius 3 is 2.65 bits per heavy atom. The monoisotopic (exact) mass is 402 g/mol. The van der Waals surface area contributed by atoms with Gasteiger partial charge >= 0.3 is 6.18 Å². The van der Waals surface area contributed by atoms with E-state index in [1.807, 2.05) is 6.26 Å². The Balaban J connectivity index is 2.26. The lowest BCUT2D eigenvalue weighted by Crippen LogP contribution is -2.07. The molecule has 3 heterocycles. The third-order valence-electron chi connectivity index (χ3n) is 3.34. The van der Waals surface area contributed by atoms with E-state index >= 15 is 0 Å². The number of aryl methyl sites for hydroxylation is 1. The van der Waals surface area contributed by atoms with Crippen LogP contribution in [0.2, 0.25) is 0 Å². The third-order valence-corrected chi connectivity index (χ3v) is 4.70. The maximum absolute atomic E-state index is 12.8.